The number of aldehydes is 1. The molecule has 2 aliphatic rings. The highest BCUT2D eigenvalue weighted by molar-refractivity contribution is 5.79. The molecule has 1 aliphatic carbocycles. The maximum atomic E-state index is 11.5. The third kappa shape index (κ3) is 2.37. The zero-order valence-corrected chi connectivity index (χ0v) is 8.85. The first-order chi connectivity index (χ1) is 7.31. The Balaban J connectivity index is 1.89. The van der Waals surface area contributed by atoms with Crippen LogP contribution < -0.4 is 0 Å². The molecule has 0 bridgehead atoms. The van der Waals surface area contributed by atoms with Crippen LogP contribution in [0.4, 0.5) is 0 Å². The lowest BCUT2D eigenvalue weighted by Gasteiger charge is -2.26. The Kier molecular flexibility index (Phi) is 3.36. The molecule has 0 radical (unpaired) electrons. The predicted molar refractivity (Wildman–Crippen MR) is 53.8 cm³/mol. The number of carbonyl (C=O) groups excluding carboxylic acids is 2. The molecule has 1 amide bonds. The summed E-state index contributed by atoms with van der Waals surface area (Å²) in [6.45, 7) is 0.0715. The van der Waals surface area contributed by atoms with Crippen molar-refractivity contribution in [1.29, 1.82) is 0 Å². The van der Waals surface area contributed by atoms with E-state index in [4.69, 9.17) is 4.84 Å². The minimum Gasteiger partial charge on any atom is -0.301 e. The average Bonchev–Trinajstić information content (AvgIpc) is 2.63. The Labute approximate surface area is 89.5 Å². The standard InChI is InChI=1S/C11H17NO3/c13-7-6-12-11(14)8-10(15-12)9-4-2-1-3-5-9/h7,9-10H,1-6,8H2. The Bertz CT molecular complexity index is 248. The van der Waals surface area contributed by atoms with Crippen LogP contribution in [0.25, 0.3) is 0 Å². The minimum atomic E-state index is -0.0438. The molecule has 1 atom stereocenters. The maximum absolute atomic E-state index is 11.5. The molecule has 1 unspecified atom stereocenters. The van der Waals surface area contributed by atoms with Gasteiger partial charge in [0.1, 0.15) is 12.8 Å². The fraction of sp³-hybridized carbons (Fsp3) is 0.818. The van der Waals surface area contributed by atoms with Gasteiger partial charge in [0.15, 0.2) is 0 Å². The zero-order chi connectivity index (χ0) is 10.7. The van der Waals surface area contributed by atoms with Crippen LogP contribution >= 0.6 is 0 Å². The van der Waals surface area contributed by atoms with Crippen LogP contribution in [-0.2, 0) is 14.4 Å². The molecule has 1 aliphatic heterocycles. The second-order valence-electron chi connectivity index (χ2n) is 4.37. The van der Waals surface area contributed by atoms with Crippen LogP contribution in [0.5, 0.6) is 0 Å². The number of rotatable bonds is 3. The van der Waals surface area contributed by atoms with Crippen molar-refractivity contribution in [1.82, 2.24) is 5.06 Å². The number of hydrogen-bond donors (Lipinski definition) is 0. The number of nitrogens with zero attached hydrogens (tertiary/aromatic N) is 1. The summed E-state index contributed by atoms with van der Waals surface area (Å²) in [5.41, 5.74) is 0. The molecule has 2 fully saturated rings. The van der Waals surface area contributed by atoms with Crippen molar-refractivity contribution in [3.8, 4) is 0 Å². The first-order valence-electron chi connectivity index (χ1n) is 5.72. The molecule has 0 N–H and O–H groups in total. The molecule has 0 aromatic heterocycles. The van der Waals surface area contributed by atoms with E-state index < -0.39 is 0 Å². The van der Waals surface area contributed by atoms with Gasteiger partial charge in [0, 0.05) is 0 Å². The second-order valence-corrected chi connectivity index (χ2v) is 4.37. The third-order valence-electron chi connectivity index (χ3n) is 3.33. The lowest BCUT2D eigenvalue weighted by Crippen LogP contribution is -2.28. The lowest BCUT2D eigenvalue weighted by atomic mass is 9.84. The van der Waals surface area contributed by atoms with E-state index in [1.165, 1.54) is 24.3 Å². The largest absolute Gasteiger partial charge is 0.301 e. The van der Waals surface area contributed by atoms with Crippen LogP contribution in [0.3, 0.4) is 0 Å². The molecule has 1 heterocycles. The van der Waals surface area contributed by atoms with Crippen LogP contribution in [0.2, 0.25) is 0 Å². The average molecular weight is 211 g/mol. The summed E-state index contributed by atoms with van der Waals surface area (Å²) in [5, 5.41) is 1.21. The van der Waals surface area contributed by atoms with E-state index in [0.29, 0.717) is 18.6 Å². The summed E-state index contributed by atoms with van der Waals surface area (Å²) in [6.07, 6.45) is 7.30. The van der Waals surface area contributed by atoms with Gasteiger partial charge in [-0.2, -0.15) is 0 Å². The van der Waals surface area contributed by atoms with E-state index >= 15 is 0 Å². The normalized spacial score (nSPS) is 28.4. The first kappa shape index (κ1) is 10.6. The summed E-state index contributed by atoms with van der Waals surface area (Å²) in [4.78, 5) is 27.3. The van der Waals surface area contributed by atoms with Crippen LogP contribution in [0.15, 0.2) is 0 Å². The van der Waals surface area contributed by atoms with Gasteiger partial charge in [0.05, 0.1) is 12.5 Å². The third-order valence-corrected chi connectivity index (χ3v) is 3.33. The number of hydrogen-bond acceptors (Lipinski definition) is 3. The molecule has 1 saturated carbocycles. The number of hydroxylamine groups is 2. The fourth-order valence-electron chi connectivity index (χ4n) is 2.50. The molecule has 0 aromatic rings. The molecule has 15 heavy (non-hydrogen) atoms. The molecule has 2 rings (SSSR count). The van der Waals surface area contributed by atoms with E-state index in [1.54, 1.807) is 0 Å². The monoisotopic (exact) mass is 211 g/mol. The fourth-order valence-corrected chi connectivity index (χ4v) is 2.50. The van der Waals surface area contributed by atoms with Gasteiger partial charge in [0.2, 0.25) is 5.91 Å². The SMILES string of the molecule is O=CCN1OC(C2CCCCC2)CC1=O. The van der Waals surface area contributed by atoms with E-state index in [9.17, 15) is 9.59 Å². The highest BCUT2D eigenvalue weighted by atomic mass is 16.7. The van der Waals surface area contributed by atoms with Gasteiger partial charge in [-0.15, -0.1) is 0 Å². The van der Waals surface area contributed by atoms with Crippen molar-refractivity contribution in [2.45, 2.75) is 44.6 Å². The van der Waals surface area contributed by atoms with E-state index in [0.717, 1.165) is 12.8 Å². The lowest BCUT2D eigenvalue weighted by molar-refractivity contribution is -0.180. The Morgan fingerprint density at radius 3 is 2.73 bits per heavy atom. The first-order valence-corrected chi connectivity index (χ1v) is 5.72. The summed E-state index contributed by atoms with van der Waals surface area (Å²) in [6, 6.07) is 0. The van der Waals surface area contributed by atoms with Crippen LogP contribution in [-0.4, -0.2) is 29.9 Å². The molecular formula is C11H17NO3. The van der Waals surface area contributed by atoms with E-state index in [-0.39, 0.29) is 18.6 Å². The highest BCUT2D eigenvalue weighted by Crippen LogP contribution is 2.32. The molecule has 0 spiro atoms. The Morgan fingerprint density at radius 1 is 1.33 bits per heavy atom. The van der Waals surface area contributed by atoms with Crippen LogP contribution in [0, 0.1) is 5.92 Å². The van der Waals surface area contributed by atoms with Crippen molar-refractivity contribution < 1.29 is 14.4 Å². The van der Waals surface area contributed by atoms with E-state index in [2.05, 4.69) is 0 Å². The number of carbonyl (C=O) groups is 2. The summed E-state index contributed by atoms with van der Waals surface area (Å²) >= 11 is 0. The molecule has 1 saturated heterocycles. The summed E-state index contributed by atoms with van der Waals surface area (Å²) in [7, 11) is 0. The molecular weight excluding hydrogens is 194 g/mol. The van der Waals surface area contributed by atoms with Crippen molar-refractivity contribution in [3.63, 3.8) is 0 Å². The molecule has 84 valence electrons. The topological polar surface area (TPSA) is 46.6 Å². The van der Waals surface area contributed by atoms with Gasteiger partial charge in [-0.3, -0.25) is 9.63 Å². The van der Waals surface area contributed by atoms with Crippen LogP contribution in [0.1, 0.15) is 38.5 Å². The predicted octanol–water partition coefficient (Wildman–Crippen LogP) is 1.30. The second kappa shape index (κ2) is 4.75. The number of amides is 1. The molecule has 4 heteroatoms. The van der Waals surface area contributed by atoms with Gasteiger partial charge >= 0.3 is 0 Å². The molecule has 0 aromatic carbocycles. The molecule has 4 nitrogen and oxygen atoms in total. The van der Waals surface area contributed by atoms with Gasteiger partial charge in [-0.05, 0) is 18.8 Å². The van der Waals surface area contributed by atoms with Gasteiger partial charge in [-0.25, -0.2) is 5.06 Å². The van der Waals surface area contributed by atoms with Gasteiger partial charge in [0.25, 0.3) is 0 Å². The van der Waals surface area contributed by atoms with Crippen molar-refractivity contribution in [3.05, 3.63) is 0 Å². The Morgan fingerprint density at radius 2 is 2.07 bits per heavy atom. The minimum absolute atomic E-state index is 0.0257. The van der Waals surface area contributed by atoms with Gasteiger partial charge in [-0.1, -0.05) is 19.3 Å². The smallest absolute Gasteiger partial charge is 0.249 e. The van der Waals surface area contributed by atoms with Gasteiger partial charge < -0.3 is 4.79 Å². The quantitative estimate of drug-likeness (QED) is 0.661. The Hall–Kier alpha value is -0.900. The summed E-state index contributed by atoms with van der Waals surface area (Å²) in [5.74, 6) is 0.469. The summed E-state index contributed by atoms with van der Waals surface area (Å²) < 4.78 is 0. The van der Waals surface area contributed by atoms with Crippen molar-refractivity contribution in [2.24, 2.45) is 5.92 Å². The highest BCUT2D eigenvalue weighted by Gasteiger charge is 2.36. The van der Waals surface area contributed by atoms with Crippen molar-refractivity contribution in [2.75, 3.05) is 6.54 Å². The van der Waals surface area contributed by atoms with Crippen molar-refractivity contribution >= 4 is 12.2 Å². The van der Waals surface area contributed by atoms with E-state index in [1.807, 2.05) is 0 Å². The maximum Gasteiger partial charge on any atom is 0.249 e. The zero-order valence-electron chi connectivity index (χ0n) is 8.85.